The summed E-state index contributed by atoms with van der Waals surface area (Å²) in [6.45, 7) is 1.32. The maximum atomic E-state index is 12.2. The van der Waals surface area contributed by atoms with Crippen LogP contribution in [0.1, 0.15) is 18.4 Å². The third-order valence-corrected chi connectivity index (χ3v) is 6.38. The lowest BCUT2D eigenvalue weighted by Crippen LogP contribution is -2.32. The van der Waals surface area contributed by atoms with Gasteiger partial charge in [0.25, 0.3) is 0 Å². The minimum absolute atomic E-state index is 0.0496. The summed E-state index contributed by atoms with van der Waals surface area (Å²) in [4.78, 5) is 24.3. The van der Waals surface area contributed by atoms with Crippen LogP contribution >= 0.6 is 11.8 Å². The summed E-state index contributed by atoms with van der Waals surface area (Å²) >= 11 is 1.34. The van der Waals surface area contributed by atoms with Crippen LogP contribution in [0.2, 0.25) is 0 Å². The van der Waals surface area contributed by atoms with E-state index in [2.05, 4.69) is 20.8 Å². The predicted molar refractivity (Wildman–Crippen MR) is 133 cm³/mol. The normalized spacial score (nSPS) is 15.5. The molecule has 0 radical (unpaired) electrons. The number of nitrogens with one attached hydrogen (secondary N) is 2. The Morgan fingerprint density at radius 1 is 1.15 bits per heavy atom. The molecule has 34 heavy (non-hydrogen) atoms. The molecule has 0 spiro atoms. The van der Waals surface area contributed by atoms with E-state index in [0.29, 0.717) is 23.2 Å². The minimum Gasteiger partial charge on any atom is -0.376 e. The summed E-state index contributed by atoms with van der Waals surface area (Å²) in [7, 11) is 1.87. The molecule has 0 unspecified atom stereocenters. The van der Waals surface area contributed by atoms with Crippen LogP contribution in [-0.2, 0) is 21.4 Å². The fraction of sp³-hybridized carbons (Fsp3) is 0.280. The van der Waals surface area contributed by atoms with E-state index in [-0.39, 0.29) is 23.7 Å². The molecule has 1 aromatic heterocycles. The molecule has 0 aliphatic carbocycles. The highest BCUT2D eigenvalue weighted by atomic mass is 32.2. The largest absolute Gasteiger partial charge is 0.376 e. The number of benzene rings is 2. The third kappa shape index (κ3) is 6.55. The number of carbonyl (C=O) groups excluding carboxylic acids is 2. The first kappa shape index (κ1) is 23.7. The van der Waals surface area contributed by atoms with Crippen molar-refractivity contribution in [1.82, 2.24) is 20.1 Å². The molecule has 8 nitrogen and oxygen atoms in total. The molecule has 1 atom stereocenters. The molecule has 0 saturated carbocycles. The summed E-state index contributed by atoms with van der Waals surface area (Å²) in [5.41, 5.74) is 2.51. The number of hydrogen-bond acceptors (Lipinski definition) is 6. The predicted octanol–water partition coefficient (Wildman–Crippen LogP) is 3.52. The van der Waals surface area contributed by atoms with Crippen LogP contribution < -0.4 is 10.6 Å². The molecule has 4 rings (SSSR count). The molecule has 1 saturated heterocycles. The highest BCUT2D eigenvalue weighted by molar-refractivity contribution is 7.99. The lowest BCUT2D eigenvalue weighted by atomic mass is 10.2. The van der Waals surface area contributed by atoms with E-state index in [4.69, 9.17) is 4.74 Å². The van der Waals surface area contributed by atoms with Gasteiger partial charge in [-0.3, -0.25) is 9.59 Å². The molecule has 1 fully saturated rings. The van der Waals surface area contributed by atoms with Crippen molar-refractivity contribution >= 4 is 35.3 Å². The fourth-order valence-electron chi connectivity index (χ4n) is 3.53. The zero-order valence-electron chi connectivity index (χ0n) is 18.9. The number of carbonyl (C=O) groups is 2. The topological polar surface area (TPSA) is 98.1 Å². The zero-order chi connectivity index (χ0) is 23.8. The number of amides is 2. The maximum absolute atomic E-state index is 12.2. The number of rotatable bonds is 9. The smallest absolute Gasteiger partial charge is 0.248 e. The van der Waals surface area contributed by atoms with Crippen molar-refractivity contribution < 1.29 is 14.3 Å². The second kappa shape index (κ2) is 11.6. The van der Waals surface area contributed by atoms with Crippen LogP contribution in [-0.4, -0.2) is 51.6 Å². The average Bonchev–Trinajstić information content (AvgIpc) is 3.51. The molecule has 176 valence electrons. The Balaban J connectivity index is 1.29. The van der Waals surface area contributed by atoms with Gasteiger partial charge in [-0.2, -0.15) is 0 Å². The van der Waals surface area contributed by atoms with Crippen LogP contribution in [0.5, 0.6) is 0 Å². The monoisotopic (exact) mass is 477 g/mol. The van der Waals surface area contributed by atoms with Gasteiger partial charge < -0.3 is 19.9 Å². The summed E-state index contributed by atoms with van der Waals surface area (Å²) in [6.07, 6.45) is 5.45. The molecule has 2 aromatic carbocycles. The van der Waals surface area contributed by atoms with Crippen LogP contribution in [0.3, 0.4) is 0 Å². The Labute approximate surface area is 202 Å². The molecule has 1 aliphatic rings. The Hall–Kier alpha value is -3.43. The minimum atomic E-state index is -0.202. The van der Waals surface area contributed by atoms with Crippen LogP contribution in [0.15, 0.2) is 65.8 Å². The van der Waals surface area contributed by atoms with Gasteiger partial charge in [0.15, 0.2) is 11.0 Å². The fourth-order valence-corrected chi connectivity index (χ4v) is 4.27. The van der Waals surface area contributed by atoms with Gasteiger partial charge in [0.1, 0.15) is 0 Å². The maximum Gasteiger partial charge on any atom is 0.248 e. The second-order valence-corrected chi connectivity index (χ2v) is 8.85. The van der Waals surface area contributed by atoms with Crippen molar-refractivity contribution in [3.05, 3.63) is 66.2 Å². The lowest BCUT2D eigenvalue weighted by Gasteiger charge is -2.10. The molecule has 3 aromatic rings. The van der Waals surface area contributed by atoms with Gasteiger partial charge in [-0.05, 0) is 48.7 Å². The highest BCUT2D eigenvalue weighted by Gasteiger charge is 2.17. The first-order valence-electron chi connectivity index (χ1n) is 11.1. The molecule has 2 N–H and O–H groups in total. The standard InChI is InChI=1S/C25H27N5O3S/c1-30-24(28-29-25(30)34-17-23(32)26-16-21-8-5-15-33-21)19-10-12-20(13-11-19)27-22(31)14-9-18-6-3-2-4-7-18/h2-4,6-7,9-14,21H,5,8,15-17H2,1H3,(H,26,32)(H,27,31)/b14-9+/t21-/m0/s1. The average molecular weight is 478 g/mol. The quantitative estimate of drug-likeness (QED) is 0.362. The first-order chi connectivity index (χ1) is 16.6. The van der Waals surface area contributed by atoms with Crippen molar-refractivity contribution in [2.45, 2.75) is 24.1 Å². The van der Waals surface area contributed by atoms with E-state index in [1.807, 2.05) is 66.2 Å². The van der Waals surface area contributed by atoms with Gasteiger partial charge >= 0.3 is 0 Å². The van der Waals surface area contributed by atoms with Crippen molar-refractivity contribution in [2.75, 3.05) is 24.2 Å². The number of hydrogen-bond donors (Lipinski definition) is 2. The van der Waals surface area contributed by atoms with Crippen LogP contribution in [0.25, 0.3) is 17.5 Å². The molecule has 1 aliphatic heterocycles. The van der Waals surface area contributed by atoms with E-state index in [0.717, 1.165) is 30.6 Å². The Morgan fingerprint density at radius 2 is 1.94 bits per heavy atom. The molecule has 2 amide bonds. The van der Waals surface area contributed by atoms with Gasteiger partial charge in [0.2, 0.25) is 11.8 Å². The highest BCUT2D eigenvalue weighted by Crippen LogP contribution is 2.24. The van der Waals surface area contributed by atoms with Crippen molar-refractivity contribution in [3.63, 3.8) is 0 Å². The Bertz CT molecular complexity index is 1140. The van der Waals surface area contributed by atoms with E-state index < -0.39 is 0 Å². The van der Waals surface area contributed by atoms with E-state index in [9.17, 15) is 9.59 Å². The number of thioether (sulfide) groups is 1. The van der Waals surface area contributed by atoms with Crippen LogP contribution in [0.4, 0.5) is 5.69 Å². The Morgan fingerprint density at radius 3 is 2.68 bits per heavy atom. The van der Waals surface area contributed by atoms with E-state index in [1.165, 1.54) is 17.8 Å². The number of anilines is 1. The zero-order valence-corrected chi connectivity index (χ0v) is 19.8. The SMILES string of the molecule is Cn1c(SCC(=O)NC[C@@H]2CCCO2)nnc1-c1ccc(NC(=O)/C=C/c2ccccc2)cc1. The van der Waals surface area contributed by atoms with E-state index in [1.54, 1.807) is 6.08 Å². The molecule has 0 bridgehead atoms. The van der Waals surface area contributed by atoms with Crippen molar-refractivity contribution in [2.24, 2.45) is 7.05 Å². The lowest BCUT2D eigenvalue weighted by molar-refractivity contribution is -0.119. The summed E-state index contributed by atoms with van der Waals surface area (Å²) in [5.74, 6) is 0.697. The van der Waals surface area contributed by atoms with Crippen molar-refractivity contribution in [1.29, 1.82) is 0 Å². The number of aromatic nitrogens is 3. The second-order valence-electron chi connectivity index (χ2n) is 7.90. The van der Waals surface area contributed by atoms with Gasteiger partial charge in [-0.25, -0.2) is 0 Å². The third-order valence-electron chi connectivity index (χ3n) is 5.36. The molecular weight excluding hydrogens is 450 g/mol. The van der Waals surface area contributed by atoms with Gasteiger partial charge in [-0.15, -0.1) is 10.2 Å². The molecular formula is C25H27N5O3S. The van der Waals surface area contributed by atoms with Gasteiger partial charge in [0.05, 0.1) is 11.9 Å². The summed E-state index contributed by atoms with van der Waals surface area (Å²) in [5, 5.41) is 14.9. The summed E-state index contributed by atoms with van der Waals surface area (Å²) < 4.78 is 7.38. The number of nitrogens with zero attached hydrogens (tertiary/aromatic N) is 3. The van der Waals surface area contributed by atoms with Gasteiger partial charge in [0, 0.05) is 37.5 Å². The molecule has 2 heterocycles. The first-order valence-corrected chi connectivity index (χ1v) is 12.1. The van der Waals surface area contributed by atoms with Gasteiger partial charge in [-0.1, -0.05) is 42.1 Å². The summed E-state index contributed by atoms with van der Waals surface area (Å²) in [6, 6.07) is 17.1. The number of ether oxygens (including phenoxy) is 1. The van der Waals surface area contributed by atoms with E-state index >= 15 is 0 Å². The molecule has 9 heteroatoms. The Kier molecular flexibility index (Phi) is 8.11. The van der Waals surface area contributed by atoms with Crippen LogP contribution in [0, 0.1) is 0 Å². The van der Waals surface area contributed by atoms with Crippen molar-refractivity contribution in [3.8, 4) is 11.4 Å².